The molecule has 2 aromatic heterocycles. The molecule has 170 valence electrons. The van der Waals surface area contributed by atoms with Crippen molar-refractivity contribution in [3.05, 3.63) is 58.2 Å². The van der Waals surface area contributed by atoms with Crippen molar-refractivity contribution in [1.82, 2.24) is 19.1 Å². The first-order valence-electron chi connectivity index (χ1n) is 9.89. The van der Waals surface area contributed by atoms with E-state index in [4.69, 9.17) is 33.7 Å². The van der Waals surface area contributed by atoms with Gasteiger partial charge >= 0.3 is 0 Å². The number of nitrogens with two attached hydrogens (primary N) is 1. The van der Waals surface area contributed by atoms with Crippen LogP contribution in [0.3, 0.4) is 0 Å². The zero-order valence-electron chi connectivity index (χ0n) is 17.5. The van der Waals surface area contributed by atoms with Gasteiger partial charge < -0.3 is 10.5 Å². The van der Waals surface area contributed by atoms with Crippen molar-refractivity contribution >= 4 is 40.0 Å². The molecule has 3 heterocycles. The summed E-state index contributed by atoms with van der Waals surface area (Å²) >= 11 is 12.3. The van der Waals surface area contributed by atoms with Crippen LogP contribution in [-0.2, 0) is 17.5 Å². The highest BCUT2D eigenvalue weighted by Gasteiger charge is 2.29. The molecule has 0 spiro atoms. The van der Waals surface area contributed by atoms with Crippen molar-refractivity contribution in [3.63, 3.8) is 0 Å². The number of hydrogen-bond acceptors (Lipinski definition) is 5. The van der Waals surface area contributed by atoms with Gasteiger partial charge in [0.15, 0.2) is 11.6 Å². The number of nitrogens with zero attached hydrogens (tertiary/aromatic N) is 4. The highest BCUT2D eigenvalue weighted by atomic mass is 35.5. The molecular weight excluding hydrogens is 476 g/mol. The molecule has 0 amide bonds. The minimum absolute atomic E-state index is 0.0876. The van der Waals surface area contributed by atoms with Gasteiger partial charge in [-0.1, -0.05) is 23.2 Å². The fourth-order valence-corrected chi connectivity index (χ4v) is 5.12. The van der Waals surface area contributed by atoms with Gasteiger partial charge in [-0.2, -0.15) is 5.10 Å². The van der Waals surface area contributed by atoms with Crippen molar-refractivity contribution < 1.29 is 13.3 Å². The molecule has 7 nitrogen and oxygen atoms in total. The Morgan fingerprint density at radius 3 is 2.78 bits per heavy atom. The van der Waals surface area contributed by atoms with E-state index in [2.05, 4.69) is 10.1 Å². The Hall–Kier alpha value is -2.20. The van der Waals surface area contributed by atoms with Crippen LogP contribution in [0.5, 0.6) is 5.75 Å². The number of halogens is 3. The van der Waals surface area contributed by atoms with Gasteiger partial charge in [-0.3, -0.25) is 4.68 Å². The predicted octanol–water partition coefficient (Wildman–Crippen LogP) is 4.34. The minimum Gasteiger partial charge on any atom is -0.482 e. The first kappa shape index (κ1) is 23.0. The molecule has 1 aliphatic heterocycles. The average Bonchev–Trinajstić information content (AvgIpc) is 3.17. The molecule has 1 aliphatic rings. The topological polar surface area (TPSA) is 86.3 Å². The number of benzene rings is 1. The van der Waals surface area contributed by atoms with Crippen molar-refractivity contribution in [3.8, 4) is 16.9 Å². The van der Waals surface area contributed by atoms with Crippen LogP contribution < -0.4 is 10.5 Å². The first-order valence-corrected chi connectivity index (χ1v) is 12.2. The highest BCUT2D eigenvalue weighted by molar-refractivity contribution is 7.81. The number of rotatable bonds is 7. The normalized spacial score (nSPS) is 16.5. The van der Waals surface area contributed by atoms with E-state index >= 15 is 0 Å². The van der Waals surface area contributed by atoms with Crippen LogP contribution in [0.25, 0.3) is 11.1 Å². The number of hydrogen-bond donors (Lipinski definition) is 1. The van der Waals surface area contributed by atoms with E-state index in [1.54, 1.807) is 31.6 Å². The maximum Gasteiger partial charge on any atom is 0.166 e. The molecule has 2 N–H and O–H groups in total. The number of ether oxygens (including phenoxy) is 1. The van der Waals surface area contributed by atoms with E-state index in [9.17, 15) is 8.60 Å². The third-order valence-corrected chi connectivity index (χ3v) is 7.11. The van der Waals surface area contributed by atoms with E-state index < -0.39 is 22.9 Å². The summed E-state index contributed by atoms with van der Waals surface area (Å²) in [7, 11) is -0.923. The number of anilines is 1. The van der Waals surface area contributed by atoms with Gasteiger partial charge in [0.05, 0.1) is 22.2 Å². The summed E-state index contributed by atoms with van der Waals surface area (Å²) in [5.41, 5.74) is 7.97. The maximum atomic E-state index is 13.9. The molecule has 2 unspecified atom stereocenters. The average molecular weight is 498 g/mol. The zero-order chi connectivity index (χ0) is 23.0. The first-order chi connectivity index (χ1) is 15.2. The third-order valence-electron chi connectivity index (χ3n) is 5.37. The van der Waals surface area contributed by atoms with Crippen molar-refractivity contribution in [2.24, 2.45) is 5.92 Å². The smallest absolute Gasteiger partial charge is 0.166 e. The van der Waals surface area contributed by atoms with E-state index in [0.717, 1.165) is 30.8 Å². The van der Waals surface area contributed by atoms with Gasteiger partial charge in [-0.25, -0.2) is 17.9 Å². The largest absolute Gasteiger partial charge is 0.482 e. The highest BCUT2D eigenvalue weighted by Crippen LogP contribution is 2.37. The van der Waals surface area contributed by atoms with Crippen molar-refractivity contribution in [2.75, 3.05) is 25.1 Å². The second kappa shape index (κ2) is 9.35. The molecule has 4 rings (SSSR count). The van der Waals surface area contributed by atoms with Gasteiger partial charge in [0.25, 0.3) is 0 Å². The quantitative estimate of drug-likeness (QED) is 0.490. The SMILES string of the molecule is CC(Oc1cc(-c2cnn(CC3CN(S(C)=O)C3)c2)cnc1N)c1c(Cl)ccc(F)c1Cl. The zero-order valence-corrected chi connectivity index (χ0v) is 19.8. The van der Waals surface area contributed by atoms with Gasteiger partial charge in [0, 0.05) is 65.9 Å². The summed E-state index contributed by atoms with van der Waals surface area (Å²) in [5.74, 6) is 0.364. The summed E-state index contributed by atoms with van der Waals surface area (Å²) in [5, 5.41) is 4.64. The van der Waals surface area contributed by atoms with Crippen LogP contribution in [0.4, 0.5) is 10.2 Å². The summed E-state index contributed by atoms with van der Waals surface area (Å²) in [6.45, 7) is 4.04. The Labute approximate surface area is 197 Å². The molecule has 11 heteroatoms. The molecule has 1 aromatic carbocycles. The van der Waals surface area contributed by atoms with Gasteiger partial charge in [-0.15, -0.1) is 0 Å². The Kier molecular flexibility index (Phi) is 6.71. The van der Waals surface area contributed by atoms with E-state index in [1.807, 2.05) is 15.2 Å². The van der Waals surface area contributed by atoms with Gasteiger partial charge in [0.2, 0.25) is 0 Å². The minimum atomic E-state index is -0.923. The monoisotopic (exact) mass is 497 g/mol. The molecule has 1 saturated heterocycles. The molecule has 32 heavy (non-hydrogen) atoms. The Bertz CT molecular complexity index is 1170. The Morgan fingerprint density at radius 1 is 1.31 bits per heavy atom. The lowest BCUT2D eigenvalue weighted by atomic mass is 10.0. The molecule has 0 radical (unpaired) electrons. The second-order valence-electron chi connectivity index (χ2n) is 7.71. The molecule has 0 saturated carbocycles. The predicted molar refractivity (Wildman–Crippen MR) is 124 cm³/mol. The maximum absolute atomic E-state index is 13.9. The third kappa shape index (κ3) is 4.76. The second-order valence-corrected chi connectivity index (χ2v) is 9.86. The Morgan fingerprint density at radius 2 is 2.06 bits per heavy atom. The van der Waals surface area contributed by atoms with Gasteiger partial charge in [-0.05, 0) is 25.1 Å². The van der Waals surface area contributed by atoms with Crippen molar-refractivity contribution in [1.29, 1.82) is 0 Å². The Balaban J connectivity index is 1.50. The van der Waals surface area contributed by atoms with Crippen LogP contribution in [0, 0.1) is 11.7 Å². The molecule has 0 bridgehead atoms. The summed E-state index contributed by atoms with van der Waals surface area (Å²) in [4.78, 5) is 4.23. The fourth-order valence-electron chi connectivity index (χ4n) is 3.60. The van der Waals surface area contributed by atoms with Crippen LogP contribution in [0.1, 0.15) is 18.6 Å². The van der Waals surface area contributed by atoms with Crippen LogP contribution >= 0.6 is 23.2 Å². The fraction of sp³-hybridized carbons (Fsp3) is 0.333. The summed E-state index contributed by atoms with van der Waals surface area (Å²) in [6.07, 6.45) is 6.34. The molecule has 0 aliphatic carbocycles. The summed E-state index contributed by atoms with van der Waals surface area (Å²) in [6, 6.07) is 4.40. The van der Waals surface area contributed by atoms with Crippen LogP contribution in [0.15, 0.2) is 36.8 Å². The van der Waals surface area contributed by atoms with Crippen LogP contribution in [0.2, 0.25) is 10.0 Å². The molecule has 2 atom stereocenters. The molecular formula is C21H22Cl2FN5O2S. The van der Waals surface area contributed by atoms with Crippen LogP contribution in [-0.4, -0.2) is 42.6 Å². The van der Waals surface area contributed by atoms with E-state index in [0.29, 0.717) is 22.3 Å². The van der Waals surface area contributed by atoms with E-state index in [-0.39, 0.29) is 10.8 Å². The number of nitrogen functional groups attached to an aromatic ring is 1. The number of aromatic nitrogens is 3. The van der Waals surface area contributed by atoms with Gasteiger partial charge in [0.1, 0.15) is 11.9 Å². The van der Waals surface area contributed by atoms with E-state index in [1.165, 1.54) is 12.1 Å². The number of pyridine rings is 1. The standard InChI is InChI=1S/C21H22Cl2FN5O2S/c1-12(19-16(22)3-4-17(24)20(19)23)31-18-5-14(6-26-21(18)25)15-7-27-28(11-15)8-13-9-29(10-13)32(2)30/h3-7,11-13H,8-10H2,1-2H3,(H2,25,26). The molecule has 3 aromatic rings. The summed E-state index contributed by atoms with van der Waals surface area (Å²) < 4.78 is 35.1. The lowest BCUT2D eigenvalue weighted by Crippen LogP contribution is -2.48. The lowest BCUT2D eigenvalue weighted by molar-refractivity contribution is 0.183. The van der Waals surface area contributed by atoms with Crippen molar-refractivity contribution in [2.45, 2.75) is 19.6 Å². The molecule has 1 fully saturated rings. The lowest BCUT2D eigenvalue weighted by Gasteiger charge is -2.36.